The maximum Gasteiger partial charge on any atom is 0.326 e. The van der Waals surface area contributed by atoms with E-state index in [1.807, 2.05) is 0 Å². The van der Waals surface area contributed by atoms with Gasteiger partial charge < -0.3 is 10.0 Å². The number of halogens is 2. The van der Waals surface area contributed by atoms with Crippen molar-refractivity contribution in [1.29, 1.82) is 0 Å². The molecule has 19 heavy (non-hydrogen) atoms. The monoisotopic (exact) mass is 285 g/mol. The van der Waals surface area contributed by atoms with Gasteiger partial charge in [-0.3, -0.25) is 4.79 Å². The molecule has 0 aromatic heterocycles. The SMILES string of the molecule is CC(C(=O)O)N(C(=O)c1cccc(Cl)c1F)C1CC1. The van der Waals surface area contributed by atoms with Crippen molar-refractivity contribution in [3.05, 3.63) is 34.6 Å². The molecule has 6 heteroatoms. The van der Waals surface area contributed by atoms with Gasteiger partial charge in [0.15, 0.2) is 5.82 Å². The van der Waals surface area contributed by atoms with Gasteiger partial charge in [-0.15, -0.1) is 0 Å². The highest BCUT2D eigenvalue weighted by Gasteiger charge is 2.39. The molecule has 102 valence electrons. The Kier molecular flexibility index (Phi) is 3.75. The van der Waals surface area contributed by atoms with Crippen LogP contribution in [0.5, 0.6) is 0 Å². The number of hydrogen-bond donors (Lipinski definition) is 1. The predicted octanol–water partition coefficient (Wildman–Crippen LogP) is 2.56. The van der Waals surface area contributed by atoms with Crippen molar-refractivity contribution in [1.82, 2.24) is 4.90 Å². The molecular formula is C13H13ClFNO3. The van der Waals surface area contributed by atoms with Crippen LogP contribution in [0.1, 0.15) is 30.1 Å². The summed E-state index contributed by atoms with van der Waals surface area (Å²) in [5, 5.41) is 8.89. The van der Waals surface area contributed by atoms with Crippen LogP contribution in [-0.2, 0) is 4.79 Å². The van der Waals surface area contributed by atoms with E-state index in [0.29, 0.717) is 0 Å². The van der Waals surface area contributed by atoms with Crippen LogP contribution in [0.15, 0.2) is 18.2 Å². The number of carbonyl (C=O) groups excluding carboxylic acids is 1. The molecule has 0 aliphatic heterocycles. The topological polar surface area (TPSA) is 57.6 Å². The number of rotatable bonds is 4. The molecule has 1 aromatic carbocycles. The number of hydrogen-bond acceptors (Lipinski definition) is 2. The van der Waals surface area contributed by atoms with Crippen LogP contribution in [0.25, 0.3) is 0 Å². The highest BCUT2D eigenvalue weighted by Crippen LogP contribution is 2.31. The van der Waals surface area contributed by atoms with E-state index in [1.54, 1.807) is 0 Å². The van der Waals surface area contributed by atoms with Gasteiger partial charge in [-0.25, -0.2) is 9.18 Å². The first-order chi connectivity index (χ1) is 8.93. The molecule has 0 radical (unpaired) electrons. The van der Waals surface area contributed by atoms with E-state index in [2.05, 4.69) is 0 Å². The molecule has 1 saturated carbocycles. The van der Waals surface area contributed by atoms with Crippen LogP contribution in [0.4, 0.5) is 4.39 Å². The van der Waals surface area contributed by atoms with Gasteiger partial charge in [0.2, 0.25) is 0 Å². The Morgan fingerprint density at radius 1 is 1.47 bits per heavy atom. The zero-order chi connectivity index (χ0) is 14.2. The van der Waals surface area contributed by atoms with Crippen LogP contribution in [0.2, 0.25) is 5.02 Å². The first-order valence-corrected chi connectivity index (χ1v) is 6.30. The summed E-state index contributed by atoms with van der Waals surface area (Å²) in [7, 11) is 0. The summed E-state index contributed by atoms with van der Waals surface area (Å²) in [5.74, 6) is -2.54. The zero-order valence-electron chi connectivity index (χ0n) is 10.3. The minimum absolute atomic E-state index is 0.128. The Labute approximate surface area is 114 Å². The summed E-state index contributed by atoms with van der Waals surface area (Å²) >= 11 is 5.64. The maximum atomic E-state index is 13.8. The van der Waals surface area contributed by atoms with Gasteiger partial charge in [-0.05, 0) is 31.9 Å². The summed E-state index contributed by atoms with van der Waals surface area (Å²) < 4.78 is 13.8. The number of nitrogens with zero attached hydrogens (tertiary/aromatic N) is 1. The van der Waals surface area contributed by atoms with Crippen molar-refractivity contribution >= 4 is 23.5 Å². The van der Waals surface area contributed by atoms with Gasteiger partial charge in [0.05, 0.1) is 10.6 Å². The van der Waals surface area contributed by atoms with Crippen LogP contribution in [0.3, 0.4) is 0 Å². The number of carboxylic acids is 1. The quantitative estimate of drug-likeness (QED) is 0.925. The third-order valence-electron chi connectivity index (χ3n) is 3.13. The van der Waals surface area contributed by atoms with E-state index in [-0.39, 0.29) is 16.6 Å². The van der Waals surface area contributed by atoms with E-state index < -0.39 is 23.7 Å². The van der Waals surface area contributed by atoms with Crippen LogP contribution in [-0.4, -0.2) is 34.0 Å². The summed E-state index contributed by atoms with van der Waals surface area (Å²) in [6, 6.07) is 3.01. The van der Waals surface area contributed by atoms with Gasteiger partial charge >= 0.3 is 5.97 Å². The number of amides is 1. The van der Waals surface area contributed by atoms with Crippen molar-refractivity contribution in [2.24, 2.45) is 0 Å². The standard InChI is InChI=1S/C13H13ClFNO3/c1-7(13(18)19)16(8-5-6-8)12(17)9-3-2-4-10(14)11(9)15/h2-4,7-8H,5-6H2,1H3,(H,18,19). The summed E-state index contributed by atoms with van der Waals surface area (Å²) in [5.41, 5.74) is -0.187. The molecule has 0 heterocycles. The van der Waals surface area contributed by atoms with Gasteiger partial charge in [-0.2, -0.15) is 0 Å². The molecule has 4 nitrogen and oxygen atoms in total. The van der Waals surface area contributed by atoms with Crippen molar-refractivity contribution in [3.8, 4) is 0 Å². The molecule has 1 aliphatic rings. The largest absolute Gasteiger partial charge is 0.480 e. The van der Waals surface area contributed by atoms with Crippen LogP contribution < -0.4 is 0 Å². The second kappa shape index (κ2) is 5.17. The van der Waals surface area contributed by atoms with Crippen molar-refractivity contribution in [2.45, 2.75) is 31.8 Å². The zero-order valence-corrected chi connectivity index (χ0v) is 11.0. The Hall–Kier alpha value is -1.62. The predicted molar refractivity (Wildman–Crippen MR) is 67.7 cm³/mol. The fourth-order valence-corrected chi connectivity index (χ4v) is 2.11. The molecule has 1 amide bonds. The van der Waals surface area contributed by atoms with E-state index in [4.69, 9.17) is 16.7 Å². The Morgan fingerprint density at radius 3 is 2.63 bits per heavy atom. The lowest BCUT2D eigenvalue weighted by Crippen LogP contribution is -2.45. The van der Waals surface area contributed by atoms with Crippen LogP contribution >= 0.6 is 11.6 Å². The van der Waals surface area contributed by atoms with Gasteiger partial charge in [0.1, 0.15) is 6.04 Å². The van der Waals surface area contributed by atoms with Gasteiger partial charge in [0.25, 0.3) is 5.91 Å². The molecular weight excluding hydrogens is 273 g/mol. The molecule has 1 fully saturated rings. The second-order valence-electron chi connectivity index (χ2n) is 4.56. The molecule has 1 aliphatic carbocycles. The van der Waals surface area contributed by atoms with Gasteiger partial charge in [-0.1, -0.05) is 17.7 Å². The molecule has 2 rings (SSSR count). The van der Waals surface area contributed by atoms with Gasteiger partial charge in [0, 0.05) is 6.04 Å². The van der Waals surface area contributed by atoms with Crippen molar-refractivity contribution < 1.29 is 19.1 Å². The molecule has 1 atom stereocenters. The molecule has 0 spiro atoms. The van der Waals surface area contributed by atoms with Crippen LogP contribution in [0, 0.1) is 5.82 Å². The smallest absolute Gasteiger partial charge is 0.326 e. The summed E-state index contributed by atoms with van der Waals surface area (Å²) in [6.45, 7) is 1.42. The minimum atomic E-state index is -1.11. The summed E-state index contributed by atoms with van der Waals surface area (Å²) in [6.07, 6.45) is 1.48. The molecule has 1 N–H and O–H groups in total. The van der Waals surface area contributed by atoms with Crippen molar-refractivity contribution in [2.75, 3.05) is 0 Å². The fourth-order valence-electron chi connectivity index (χ4n) is 1.94. The first-order valence-electron chi connectivity index (χ1n) is 5.93. The van der Waals surface area contributed by atoms with Crippen molar-refractivity contribution in [3.63, 3.8) is 0 Å². The Balaban J connectivity index is 2.34. The van der Waals surface area contributed by atoms with E-state index in [1.165, 1.54) is 30.0 Å². The lowest BCUT2D eigenvalue weighted by Gasteiger charge is -2.26. The maximum absolute atomic E-state index is 13.8. The molecule has 1 unspecified atom stereocenters. The van der Waals surface area contributed by atoms with E-state index >= 15 is 0 Å². The number of carbonyl (C=O) groups is 2. The first kappa shape index (κ1) is 13.8. The average molecular weight is 286 g/mol. The number of carboxylic acid groups (broad SMARTS) is 1. The Morgan fingerprint density at radius 2 is 2.11 bits per heavy atom. The molecule has 1 aromatic rings. The molecule has 0 saturated heterocycles. The Bertz CT molecular complexity index is 531. The lowest BCUT2D eigenvalue weighted by atomic mass is 10.1. The average Bonchev–Trinajstić information content (AvgIpc) is 3.17. The minimum Gasteiger partial charge on any atom is -0.480 e. The highest BCUT2D eigenvalue weighted by atomic mass is 35.5. The summed E-state index contributed by atoms with van der Waals surface area (Å²) in [4.78, 5) is 24.6. The van der Waals surface area contributed by atoms with E-state index in [9.17, 15) is 14.0 Å². The highest BCUT2D eigenvalue weighted by molar-refractivity contribution is 6.31. The molecule has 0 bridgehead atoms. The fraction of sp³-hybridized carbons (Fsp3) is 0.385. The lowest BCUT2D eigenvalue weighted by molar-refractivity contribution is -0.141. The second-order valence-corrected chi connectivity index (χ2v) is 4.97. The number of benzene rings is 1. The third-order valence-corrected chi connectivity index (χ3v) is 3.42. The normalized spacial score (nSPS) is 15.9. The number of aliphatic carboxylic acids is 1. The van der Waals surface area contributed by atoms with E-state index in [0.717, 1.165) is 12.8 Å². The third kappa shape index (κ3) is 2.71.